The Morgan fingerprint density at radius 2 is 2.30 bits per heavy atom. The highest BCUT2D eigenvalue weighted by Crippen LogP contribution is 2.29. The van der Waals surface area contributed by atoms with Crippen molar-refractivity contribution in [2.75, 3.05) is 13.1 Å². The predicted octanol–water partition coefficient (Wildman–Crippen LogP) is 1.58. The normalized spacial score (nSPS) is 26.1. The van der Waals surface area contributed by atoms with E-state index in [2.05, 4.69) is 10.4 Å². The molecule has 3 heterocycles. The van der Waals surface area contributed by atoms with Crippen LogP contribution in [0.5, 0.6) is 0 Å². The zero-order chi connectivity index (χ0) is 14.3. The van der Waals surface area contributed by atoms with Crippen molar-refractivity contribution in [2.24, 2.45) is 5.92 Å². The van der Waals surface area contributed by atoms with Crippen molar-refractivity contribution in [1.82, 2.24) is 20.0 Å². The van der Waals surface area contributed by atoms with Gasteiger partial charge in [-0.1, -0.05) is 11.6 Å². The fraction of sp³-hybridized carbons (Fsp3) is 0.714. The Kier molecular flexibility index (Phi) is 3.73. The molecule has 2 atom stereocenters. The molecular formula is C14H21ClN4O. The fourth-order valence-corrected chi connectivity index (χ4v) is 3.54. The number of fused-ring (bicyclic) bond motifs is 1. The quantitative estimate of drug-likeness (QED) is 0.921. The number of nitrogens with zero attached hydrogens (tertiary/aromatic N) is 3. The molecule has 3 rings (SSSR count). The molecule has 6 heteroatoms. The van der Waals surface area contributed by atoms with Crippen LogP contribution in [0.1, 0.15) is 31.2 Å². The van der Waals surface area contributed by atoms with Crippen molar-refractivity contribution in [2.45, 2.75) is 45.8 Å². The van der Waals surface area contributed by atoms with Gasteiger partial charge in [0, 0.05) is 19.1 Å². The number of hydrogen-bond acceptors (Lipinski definition) is 3. The number of rotatable bonds is 3. The molecule has 1 aromatic heterocycles. The summed E-state index contributed by atoms with van der Waals surface area (Å²) < 4.78 is 1.90. The van der Waals surface area contributed by atoms with Crippen LogP contribution in [0.4, 0.5) is 0 Å². The van der Waals surface area contributed by atoms with Crippen LogP contribution in [0.3, 0.4) is 0 Å². The van der Waals surface area contributed by atoms with Gasteiger partial charge in [0.15, 0.2) is 0 Å². The Bertz CT molecular complexity index is 527. The molecule has 2 unspecified atom stereocenters. The van der Waals surface area contributed by atoms with Crippen molar-refractivity contribution in [3.63, 3.8) is 0 Å². The number of amides is 1. The van der Waals surface area contributed by atoms with E-state index < -0.39 is 0 Å². The number of carbonyl (C=O) groups is 1. The van der Waals surface area contributed by atoms with Gasteiger partial charge in [-0.15, -0.1) is 0 Å². The van der Waals surface area contributed by atoms with Crippen molar-refractivity contribution in [1.29, 1.82) is 0 Å². The van der Waals surface area contributed by atoms with Crippen molar-refractivity contribution in [3.8, 4) is 0 Å². The summed E-state index contributed by atoms with van der Waals surface area (Å²) in [7, 11) is 0. The summed E-state index contributed by atoms with van der Waals surface area (Å²) >= 11 is 6.33. The Balaban J connectivity index is 1.80. The van der Waals surface area contributed by atoms with Gasteiger partial charge in [-0.05, 0) is 33.2 Å². The number of aromatic nitrogens is 2. The number of nitrogens with one attached hydrogen (secondary N) is 1. The van der Waals surface area contributed by atoms with Crippen molar-refractivity contribution in [3.05, 3.63) is 16.4 Å². The standard InChI is InChI=1S/C14H21ClN4O/c1-3-19-12(13(15)9(2)17-19)8-18-7-11-10(14(18)20)5-4-6-16-11/h10-11,16H,3-8H2,1-2H3. The van der Waals surface area contributed by atoms with E-state index in [1.54, 1.807) is 0 Å². The summed E-state index contributed by atoms with van der Waals surface area (Å²) in [5, 5.41) is 8.57. The van der Waals surface area contributed by atoms with Crippen molar-refractivity contribution >= 4 is 17.5 Å². The van der Waals surface area contributed by atoms with Gasteiger partial charge < -0.3 is 10.2 Å². The minimum atomic E-state index is 0.154. The molecule has 0 aromatic carbocycles. The molecule has 0 radical (unpaired) electrons. The Morgan fingerprint density at radius 3 is 3.00 bits per heavy atom. The summed E-state index contributed by atoms with van der Waals surface area (Å²) in [4.78, 5) is 14.4. The molecule has 5 nitrogen and oxygen atoms in total. The van der Waals surface area contributed by atoms with E-state index in [0.717, 1.165) is 43.9 Å². The van der Waals surface area contributed by atoms with Gasteiger partial charge >= 0.3 is 0 Å². The number of piperidine rings is 1. The average molecular weight is 297 g/mol. The van der Waals surface area contributed by atoms with E-state index in [4.69, 9.17) is 11.6 Å². The first-order chi connectivity index (χ1) is 9.61. The maximum atomic E-state index is 12.5. The van der Waals surface area contributed by atoms with E-state index in [0.29, 0.717) is 17.6 Å². The second-order valence-corrected chi connectivity index (χ2v) is 6.07. The van der Waals surface area contributed by atoms with Crippen LogP contribution in [0.2, 0.25) is 5.02 Å². The van der Waals surface area contributed by atoms with E-state index in [9.17, 15) is 4.79 Å². The number of likely N-dealkylation sites (tertiary alicyclic amines) is 1. The minimum absolute atomic E-state index is 0.154. The molecule has 0 aliphatic carbocycles. The molecule has 1 N–H and O–H groups in total. The van der Waals surface area contributed by atoms with Gasteiger partial charge in [0.1, 0.15) is 0 Å². The lowest BCUT2D eigenvalue weighted by atomic mass is 9.94. The zero-order valence-corrected chi connectivity index (χ0v) is 12.8. The molecular weight excluding hydrogens is 276 g/mol. The molecule has 0 saturated carbocycles. The van der Waals surface area contributed by atoms with Crippen molar-refractivity contribution < 1.29 is 4.79 Å². The Hall–Kier alpha value is -1.07. The highest BCUT2D eigenvalue weighted by atomic mass is 35.5. The maximum Gasteiger partial charge on any atom is 0.227 e. The third kappa shape index (κ3) is 2.23. The summed E-state index contributed by atoms with van der Waals surface area (Å²) in [6, 6.07) is 0.314. The SMILES string of the molecule is CCn1nc(C)c(Cl)c1CN1CC2NCCCC2C1=O. The lowest BCUT2D eigenvalue weighted by Gasteiger charge is -2.23. The molecule has 110 valence electrons. The van der Waals surface area contributed by atoms with Crippen LogP contribution in [0.25, 0.3) is 0 Å². The molecule has 2 aliphatic rings. The fourth-order valence-electron chi connectivity index (χ4n) is 3.35. The first-order valence-corrected chi connectivity index (χ1v) is 7.73. The van der Waals surface area contributed by atoms with E-state index in [-0.39, 0.29) is 11.8 Å². The topological polar surface area (TPSA) is 50.2 Å². The monoisotopic (exact) mass is 296 g/mol. The summed E-state index contributed by atoms with van der Waals surface area (Å²) in [6.07, 6.45) is 2.10. The van der Waals surface area contributed by atoms with Crippen LogP contribution >= 0.6 is 11.6 Å². The molecule has 2 saturated heterocycles. The summed E-state index contributed by atoms with van der Waals surface area (Å²) in [6.45, 7) is 7.10. The highest BCUT2D eigenvalue weighted by Gasteiger charge is 2.41. The predicted molar refractivity (Wildman–Crippen MR) is 77.6 cm³/mol. The maximum absolute atomic E-state index is 12.5. The lowest BCUT2D eigenvalue weighted by molar-refractivity contribution is -0.132. The largest absolute Gasteiger partial charge is 0.335 e. The second-order valence-electron chi connectivity index (χ2n) is 5.69. The van der Waals surface area contributed by atoms with E-state index >= 15 is 0 Å². The van der Waals surface area contributed by atoms with Gasteiger partial charge in [-0.25, -0.2) is 0 Å². The highest BCUT2D eigenvalue weighted by molar-refractivity contribution is 6.31. The number of hydrogen-bond donors (Lipinski definition) is 1. The van der Waals surface area contributed by atoms with Crippen LogP contribution in [-0.4, -0.2) is 39.7 Å². The molecule has 2 fully saturated rings. The zero-order valence-electron chi connectivity index (χ0n) is 12.0. The minimum Gasteiger partial charge on any atom is -0.335 e. The Morgan fingerprint density at radius 1 is 1.50 bits per heavy atom. The van der Waals surface area contributed by atoms with Crippen LogP contribution < -0.4 is 5.32 Å². The van der Waals surface area contributed by atoms with E-state index in [1.807, 2.05) is 23.4 Å². The number of halogens is 1. The molecule has 0 spiro atoms. The van der Waals surface area contributed by atoms with Gasteiger partial charge in [-0.2, -0.15) is 5.10 Å². The molecule has 1 amide bonds. The molecule has 0 bridgehead atoms. The smallest absolute Gasteiger partial charge is 0.227 e. The summed E-state index contributed by atoms with van der Waals surface area (Å²) in [5.74, 6) is 0.418. The summed E-state index contributed by atoms with van der Waals surface area (Å²) in [5.41, 5.74) is 1.80. The van der Waals surface area contributed by atoms with Gasteiger partial charge in [0.05, 0.1) is 28.9 Å². The lowest BCUT2D eigenvalue weighted by Crippen LogP contribution is -2.41. The third-order valence-electron chi connectivity index (χ3n) is 4.42. The Labute approximate surface area is 124 Å². The first kappa shape index (κ1) is 13.9. The average Bonchev–Trinajstić information content (AvgIpc) is 2.92. The van der Waals surface area contributed by atoms with Gasteiger partial charge in [0.25, 0.3) is 0 Å². The van der Waals surface area contributed by atoms with Crippen LogP contribution in [-0.2, 0) is 17.9 Å². The van der Waals surface area contributed by atoms with Gasteiger partial charge in [-0.3, -0.25) is 9.48 Å². The van der Waals surface area contributed by atoms with E-state index in [1.165, 1.54) is 0 Å². The first-order valence-electron chi connectivity index (χ1n) is 7.35. The molecule has 2 aliphatic heterocycles. The second kappa shape index (κ2) is 5.37. The number of carbonyl (C=O) groups excluding carboxylic acids is 1. The van der Waals surface area contributed by atoms with Crippen LogP contribution in [0, 0.1) is 12.8 Å². The van der Waals surface area contributed by atoms with Gasteiger partial charge in [0.2, 0.25) is 5.91 Å². The number of aryl methyl sites for hydroxylation is 2. The molecule has 1 aromatic rings. The molecule has 20 heavy (non-hydrogen) atoms. The van der Waals surface area contributed by atoms with Crippen LogP contribution in [0.15, 0.2) is 0 Å². The third-order valence-corrected chi connectivity index (χ3v) is 4.92.